The van der Waals surface area contributed by atoms with Gasteiger partial charge in [-0.3, -0.25) is 9.71 Å². The van der Waals surface area contributed by atoms with Crippen molar-refractivity contribution in [3.63, 3.8) is 0 Å². The summed E-state index contributed by atoms with van der Waals surface area (Å²) in [6.07, 6.45) is 1.13. The number of hydrogen-bond acceptors (Lipinski definition) is 3. The average Bonchev–Trinajstić information content (AvgIpc) is 2.56. The Morgan fingerprint density at radius 3 is 2.16 bits per heavy atom. The molecule has 0 heterocycles. The van der Waals surface area contributed by atoms with Crippen LogP contribution >= 0.6 is 11.6 Å². The molecule has 0 saturated heterocycles. The topological polar surface area (TPSA) is 82.6 Å². The summed E-state index contributed by atoms with van der Waals surface area (Å²) in [6.45, 7) is 0.948. The molecule has 0 saturated carbocycles. The second-order valence-corrected chi connectivity index (χ2v) is 7.56. The van der Waals surface area contributed by atoms with E-state index in [0.29, 0.717) is 29.8 Å². The van der Waals surface area contributed by atoms with Crippen LogP contribution in [0.25, 0.3) is 0 Å². The fourth-order valence-electron chi connectivity index (χ4n) is 2.19. The van der Waals surface area contributed by atoms with E-state index in [-0.39, 0.29) is 0 Å². The molecule has 25 heavy (non-hydrogen) atoms. The molecule has 0 aliphatic carbocycles. The Labute approximate surface area is 153 Å². The summed E-state index contributed by atoms with van der Waals surface area (Å²) in [4.78, 5) is 4.16. The minimum absolute atomic E-state index is 0.418. The Kier molecular flexibility index (Phi) is 6.66. The summed E-state index contributed by atoms with van der Waals surface area (Å²) in [5.74, 6) is 0.592. The van der Waals surface area contributed by atoms with Crippen LogP contribution in [0, 0.1) is 0 Å². The van der Waals surface area contributed by atoms with Crippen LogP contribution in [-0.4, -0.2) is 27.7 Å². The van der Waals surface area contributed by atoms with Gasteiger partial charge in [-0.15, -0.1) is 0 Å². The van der Waals surface area contributed by atoms with Crippen molar-refractivity contribution in [1.82, 2.24) is 10.6 Å². The van der Waals surface area contributed by atoms with Crippen molar-refractivity contribution in [2.24, 2.45) is 4.99 Å². The Balaban J connectivity index is 1.99. The molecule has 0 aliphatic rings. The van der Waals surface area contributed by atoms with E-state index in [1.165, 1.54) is 0 Å². The molecule has 0 amide bonds. The molecule has 0 unspecified atom stereocenters. The Hall–Kier alpha value is -2.25. The fourth-order valence-corrected chi connectivity index (χ4v) is 3.00. The number of benzene rings is 2. The lowest BCUT2D eigenvalue weighted by atomic mass is 10.2. The van der Waals surface area contributed by atoms with E-state index in [4.69, 9.17) is 11.6 Å². The molecule has 0 aliphatic heterocycles. The monoisotopic (exact) mass is 380 g/mol. The number of rotatable bonds is 6. The SMILES string of the molecule is CN=C(NCc1ccccc1Cl)NCc1ccccc1NS(C)(=O)=O. The second kappa shape index (κ2) is 8.73. The maximum absolute atomic E-state index is 11.5. The summed E-state index contributed by atoms with van der Waals surface area (Å²) in [5, 5.41) is 7.03. The van der Waals surface area contributed by atoms with Crippen LogP contribution < -0.4 is 15.4 Å². The number of anilines is 1. The number of nitrogens with zero attached hydrogens (tertiary/aromatic N) is 1. The van der Waals surface area contributed by atoms with Crippen molar-refractivity contribution in [2.75, 3.05) is 18.0 Å². The first-order valence-corrected chi connectivity index (χ1v) is 9.89. The minimum Gasteiger partial charge on any atom is -0.352 e. The van der Waals surface area contributed by atoms with Crippen molar-refractivity contribution < 1.29 is 8.42 Å². The number of guanidine groups is 1. The van der Waals surface area contributed by atoms with Crippen LogP contribution in [0.2, 0.25) is 5.02 Å². The van der Waals surface area contributed by atoms with Crippen LogP contribution in [-0.2, 0) is 23.1 Å². The third-order valence-corrected chi connectivity index (χ3v) is 4.35. The second-order valence-electron chi connectivity index (χ2n) is 5.40. The van der Waals surface area contributed by atoms with Gasteiger partial charge in [-0.1, -0.05) is 48.0 Å². The number of halogens is 1. The molecular formula is C17H21ClN4O2S. The quantitative estimate of drug-likeness (QED) is 0.531. The summed E-state index contributed by atoms with van der Waals surface area (Å²) in [7, 11) is -1.66. The Morgan fingerprint density at radius 1 is 1.00 bits per heavy atom. The molecule has 6 nitrogen and oxygen atoms in total. The zero-order valence-corrected chi connectivity index (χ0v) is 15.7. The predicted octanol–water partition coefficient (Wildman–Crippen LogP) is 2.58. The molecule has 134 valence electrons. The van der Waals surface area contributed by atoms with Gasteiger partial charge < -0.3 is 10.6 Å². The van der Waals surface area contributed by atoms with Gasteiger partial charge in [0.05, 0.1) is 11.9 Å². The number of sulfonamides is 1. The summed E-state index contributed by atoms with van der Waals surface area (Å²) in [6, 6.07) is 14.8. The number of para-hydroxylation sites is 1. The number of aliphatic imine (C=N–C) groups is 1. The van der Waals surface area contributed by atoms with Gasteiger partial charge >= 0.3 is 0 Å². The summed E-state index contributed by atoms with van der Waals surface area (Å²) < 4.78 is 25.4. The molecule has 8 heteroatoms. The number of nitrogens with one attached hydrogen (secondary N) is 3. The highest BCUT2D eigenvalue weighted by Crippen LogP contribution is 2.16. The molecule has 2 aromatic carbocycles. The lowest BCUT2D eigenvalue weighted by molar-refractivity contribution is 0.606. The lowest BCUT2D eigenvalue weighted by Gasteiger charge is -2.15. The van der Waals surface area contributed by atoms with Crippen molar-refractivity contribution in [3.8, 4) is 0 Å². The number of hydrogen-bond donors (Lipinski definition) is 3. The molecule has 0 atom stereocenters. The Bertz CT molecular complexity index is 853. The largest absolute Gasteiger partial charge is 0.352 e. The first-order chi connectivity index (χ1) is 11.9. The zero-order valence-electron chi connectivity index (χ0n) is 14.1. The van der Waals surface area contributed by atoms with Gasteiger partial charge in [0.2, 0.25) is 10.0 Å². The van der Waals surface area contributed by atoms with Crippen molar-refractivity contribution >= 4 is 33.3 Å². The van der Waals surface area contributed by atoms with Crippen molar-refractivity contribution in [3.05, 3.63) is 64.7 Å². The third-order valence-electron chi connectivity index (χ3n) is 3.39. The molecule has 3 N–H and O–H groups in total. The van der Waals surface area contributed by atoms with Crippen LogP contribution in [0.3, 0.4) is 0 Å². The van der Waals surface area contributed by atoms with Crippen LogP contribution in [0.1, 0.15) is 11.1 Å². The van der Waals surface area contributed by atoms with E-state index in [9.17, 15) is 8.42 Å². The highest BCUT2D eigenvalue weighted by atomic mass is 35.5. The van der Waals surface area contributed by atoms with Gasteiger partial charge in [-0.25, -0.2) is 8.42 Å². The van der Waals surface area contributed by atoms with Gasteiger partial charge in [0.15, 0.2) is 5.96 Å². The normalized spacial score (nSPS) is 11.9. The molecular weight excluding hydrogens is 360 g/mol. The maximum atomic E-state index is 11.5. The highest BCUT2D eigenvalue weighted by molar-refractivity contribution is 7.92. The van der Waals surface area contributed by atoms with E-state index in [1.54, 1.807) is 19.2 Å². The Morgan fingerprint density at radius 2 is 1.56 bits per heavy atom. The van der Waals surface area contributed by atoms with Gasteiger partial charge in [-0.05, 0) is 23.3 Å². The highest BCUT2D eigenvalue weighted by Gasteiger charge is 2.08. The van der Waals surface area contributed by atoms with E-state index < -0.39 is 10.0 Å². The molecule has 0 radical (unpaired) electrons. The standard InChI is InChI=1S/C17H21ClN4O2S/c1-19-17(20-11-13-7-3-5-9-15(13)18)21-12-14-8-4-6-10-16(14)22-25(2,23)24/h3-10,22H,11-12H2,1-2H3,(H2,19,20,21). The predicted molar refractivity (Wildman–Crippen MR) is 103 cm³/mol. The van der Waals surface area contributed by atoms with Crippen molar-refractivity contribution in [1.29, 1.82) is 0 Å². The maximum Gasteiger partial charge on any atom is 0.229 e. The van der Waals surface area contributed by atoms with Gasteiger partial charge in [0.25, 0.3) is 0 Å². The van der Waals surface area contributed by atoms with Gasteiger partial charge in [-0.2, -0.15) is 0 Å². The minimum atomic E-state index is -3.33. The van der Waals surface area contributed by atoms with Crippen molar-refractivity contribution in [2.45, 2.75) is 13.1 Å². The molecule has 0 spiro atoms. The molecule has 0 fully saturated rings. The summed E-state index contributed by atoms with van der Waals surface area (Å²) in [5.41, 5.74) is 2.32. The summed E-state index contributed by atoms with van der Waals surface area (Å²) >= 11 is 6.14. The smallest absolute Gasteiger partial charge is 0.229 e. The average molecular weight is 381 g/mol. The van der Waals surface area contributed by atoms with E-state index in [0.717, 1.165) is 17.4 Å². The van der Waals surface area contributed by atoms with Crippen LogP contribution in [0.5, 0.6) is 0 Å². The zero-order chi connectivity index (χ0) is 18.3. The molecule has 2 rings (SSSR count). The first kappa shape index (κ1) is 19.1. The van der Waals surface area contributed by atoms with Crippen LogP contribution in [0.15, 0.2) is 53.5 Å². The van der Waals surface area contributed by atoms with Gasteiger partial charge in [0, 0.05) is 25.2 Å². The third kappa shape index (κ3) is 6.28. The van der Waals surface area contributed by atoms with Crippen LogP contribution in [0.4, 0.5) is 5.69 Å². The lowest BCUT2D eigenvalue weighted by Crippen LogP contribution is -2.36. The van der Waals surface area contributed by atoms with Gasteiger partial charge in [0.1, 0.15) is 0 Å². The molecule has 0 bridgehead atoms. The van der Waals surface area contributed by atoms with E-state index in [1.807, 2.05) is 36.4 Å². The molecule has 2 aromatic rings. The van der Waals surface area contributed by atoms with E-state index in [2.05, 4.69) is 20.3 Å². The fraction of sp³-hybridized carbons (Fsp3) is 0.235. The molecule has 0 aromatic heterocycles. The first-order valence-electron chi connectivity index (χ1n) is 7.62. The van der Waals surface area contributed by atoms with E-state index >= 15 is 0 Å².